The third-order valence-electron chi connectivity index (χ3n) is 4.45. The Bertz CT molecular complexity index is 582. The zero-order chi connectivity index (χ0) is 16.2. The minimum absolute atomic E-state index is 0.00565. The van der Waals surface area contributed by atoms with Gasteiger partial charge in [-0.2, -0.15) is 0 Å². The number of amides is 2. The van der Waals surface area contributed by atoms with Crippen molar-refractivity contribution >= 4 is 17.5 Å². The van der Waals surface area contributed by atoms with Crippen LogP contribution in [0.2, 0.25) is 0 Å². The molecule has 2 amide bonds. The summed E-state index contributed by atoms with van der Waals surface area (Å²) >= 11 is 0. The third kappa shape index (κ3) is 3.64. The molecule has 23 heavy (non-hydrogen) atoms. The molecule has 3 rings (SSSR count). The number of carbonyl (C=O) groups excluding carboxylic acids is 2. The van der Waals surface area contributed by atoms with Gasteiger partial charge in [-0.3, -0.25) is 14.5 Å². The van der Waals surface area contributed by atoms with Crippen molar-refractivity contribution in [2.24, 2.45) is 5.73 Å². The molecule has 1 atom stereocenters. The van der Waals surface area contributed by atoms with E-state index in [4.69, 9.17) is 10.5 Å². The number of hydrogen-bond donors (Lipinski definition) is 1. The molecule has 6 nitrogen and oxygen atoms in total. The van der Waals surface area contributed by atoms with Gasteiger partial charge in [-0.25, -0.2) is 0 Å². The van der Waals surface area contributed by atoms with Crippen molar-refractivity contribution in [3.8, 4) is 5.75 Å². The number of nitrogens with two attached hydrogens (primary N) is 1. The summed E-state index contributed by atoms with van der Waals surface area (Å²) in [4.78, 5) is 28.1. The Labute approximate surface area is 136 Å². The normalized spacial score (nSPS) is 21.9. The van der Waals surface area contributed by atoms with Crippen LogP contribution in [0.4, 0.5) is 5.69 Å². The summed E-state index contributed by atoms with van der Waals surface area (Å²) in [6, 6.07) is 7.28. The van der Waals surface area contributed by atoms with Crippen LogP contribution in [-0.4, -0.2) is 49.0 Å². The average molecular weight is 317 g/mol. The van der Waals surface area contributed by atoms with Gasteiger partial charge in [0.2, 0.25) is 5.91 Å². The van der Waals surface area contributed by atoms with E-state index >= 15 is 0 Å². The molecule has 2 N–H and O–H groups in total. The number of nitrogens with zero attached hydrogens (tertiary/aromatic N) is 2. The van der Waals surface area contributed by atoms with Gasteiger partial charge in [-0.15, -0.1) is 0 Å². The summed E-state index contributed by atoms with van der Waals surface area (Å²) in [6.45, 7) is 2.47. The Morgan fingerprint density at radius 2 is 1.83 bits per heavy atom. The van der Waals surface area contributed by atoms with E-state index < -0.39 is 12.0 Å². The average Bonchev–Trinajstić information content (AvgIpc) is 2.82. The summed E-state index contributed by atoms with van der Waals surface area (Å²) in [5.41, 5.74) is 6.09. The summed E-state index contributed by atoms with van der Waals surface area (Å²) < 4.78 is 5.60. The Hall–Kier alpha value is -2.08. The van der Waals surface area contributed by atoms with E-state index in [0.717, 1.165) is 25.9 Å². The Morgan fingerprint density at radius 3 is 2.52 bits per heavy atom. The Kier molecular flexibility index (Phi) is 4.81. The first-order valence-corrected chi connectivity index (χ1v) is 8.23. The number of rotatable bonds is 3. The number of benzene rings is 1. The minimum Gasteiger partial charge on any atom is -0.477 e. The van der Waals surface area contributed by atoms with Gasteiger partial charge in [0.25, 0.3) is 5.91 Å². The van der Waals surface area contributed by atoms with E-state index in [9.17, 15) is 9.59 Å². The molecule has 2 heterocycles. The molecule has 1 aromatic carbocycles. The van der Waals surface area contributed by atoms with Gasteiger partial charge < -0.3 is 15.4 Å². The molecule has 0 aromatic heterocycles. The smallest absolute Gasteiger partial charge is 0.260 e. The van der Waals surface area contributed by atoms with E-state index in [1.54, 1.807) is 11.0 Å². The van der Waals surface area contributed by atoms with E-state index in [-0.39, 0.29) is 12.5 Å². The number of hydrogen-bond acceptors (Lipinski definition) is 4. The minimum atomic E-state index is -0.794. The zero-order valence-electron chi connectivity index (χ0n) is 13.2. The first-order valence-electron chi connectivity index (χ1n) is 8.23. The molecule has 2 aliphatic rings. The summed E-state index contributed by atoms with van der Waals surface area (Å²) in [7, 11) is 0. The highest BCUT2D eigenvalue weighted by molar-refractivity contribution is 5.98. The second kappa shape index (κ2) is 7.00. The van der Waals surface area contributed by atoms with Crippen LogP contribution in [0.3, 0.4) is 0 Å². The second-order valence-corrected chi connectivity index (χ2v) is 6.17. The van der Waals surface area contributed by atoms with Crippen molar-refractivity contribution < 1.29 is 14.3 Å². The van der Waals surface area contributed by atoms with E-state index in [0.29, 0.717) is 18.0 Å². The first-order chi connectivity index (χ1) is 11.1. The predicted molar refractivity (Wildman–Crippen MR) is 87.3 cm³/mol. The Morgan fingerprint density at radius 1 is 1.13 bits per heavy atom. The van der Waals surface area contributed by atoms with E-state index in [1.165, 1.54) is 12.8 Å². The largest absolute Gasteiger partial charge is 0.477 e. The fourth-order valence-electron chi connectivity index (χ4n) is 3.19. The lowest BCUT2D eigenvalue weighted by Crippen LogP contribution is -2.51. The highest BCUT2D eigenvalue weighted by Crippen LogP contribution is 2.33. The molecule has 0 spiro atoms. The molecule has 1 saturated heterocycles. The van der Waals surface area contributed by atoms with E-state index in [1.807, 2.05) is 18.2 Å². The van der Waals surface area contributed by atoms with Crippen LogP contribution in [0.1, 0.15) is 25.7 Å². The monoisotopic (exact) mass is 317 g/mol. The quantitative estimate of drug-likeness (QED) is 0.907. The number of fused-ring (bicyclic) bond motifs is 1. The molecule has 0 bridgehead atoms. The number of para-hydroxylation sites is 2. The highest BCUT2D eigenvalue weighted by Gasteiger charge is 2.33. The van der Waals surface area contributed by atoms with Crippen LogP contribution in [0.5, 0.6) is 5.75 Å². The van der Waals surface area contributed by atoms with Gasteiger partial charge >= 0.3 is 0 Å². The number of ether oxygens (including phenoxy) is 1. The van der Waals surface area contributed by atoms with Gasteiger partial charge in [0.1, 0.15) is 5.75 Å². The molecule has 1 unspecified atom stereocenters. The molecule has 124 valence electrons. The van der Waals surface area contributed by atoms with Crippen molar-refractivity contribution in [2.45, 2.75) is 31.8 Å². The van der Waals surface area contributed by atoms with Crippen molar-refractivity contribution in [2.75, 3.05) is 31.1 Å². The maximum absolute atomic E-state index is 12.8. The van der Waals surface area contributed by atoms with Crippen LogP contribution < -0.4 is 15.4 Å². The van der Waals surface area contributed by atoms with Crippen molar-refractivity contribution in [1.82, 2.24) is 4.90 Å². The highest BCUT2D eigenvalue weighted by atomic mass is 16.5. The van der Waals surface area contributed by atoms with Gasteiger partial charge in [-0.05, 0) is 38.1 Å². The van der Waals surface area contributed by atoms with Crippen molar-refractivity contribution in [3.63, 3.8) is 0 Å². The molecule has 0 aliphatic carbocycles. The fourth-order valence-corrected chi connectivity index (χ4v) is 3.19. The fraction of sp³-hybridized carbons (Fsp3) is 0.529. The van der Waals surface area contributed by atoms with Crippen LogP contribution in [0.15, 0.2) is 24.3 Å². The molecule has 1 fully saturated rings. The second-order valence-electron chi connectivity index (χ2n) is 6.17. The van der Waals surface area contributed by atoms with Crippen LogP contribution >= 0.6 is 0 Å². The third-order valence-corrected chi connectivity index (χ3v) is 4.45. The molecule has 0 saturated carbocycles. The summed E-state index contributed by atoms with van der Waals surface area (Å²) in [5.74, 6) is -0.0206. The standard InChI is InChI=1S/C17H23N3O3/c18-17(22)15-11-20(13-7-3-4-8-14(13)23-15)16(21)12-19-9-5-1-2-6-10-19/h3-4,7-8,15H,1-2,5-6,9-12H2,(H2,18,22). The van der Waals surface area contributed by atoms with Crippen molar-refractivity contribution in [3.05, 3.63) is 24.3 Å². The van der Waals surface area contributed by atoms with Crippen molar-refractivity contribution in [1.29, 1.82) is 0 Å². The molecule has 6 heteroatoms. The lowest BCUT2D eigenvalue weighted by atomic mass is 10.1. The number of carbonyl (C=O) groups is 2. The van der Waals surface area contributed by atoms with Crippen LogP contribution in [0.25, 0.3) is 0 Å². The Balaban J connectivity index is 1.76. The molecule has 2 aliphatic heterocycles. The maximum Gasteiger partial charge on any atom is 0.260 e. The van der Waals surface area contributed by atoms with Gasteiger partial charge in [0.15, 0.2) is 6.10 Å². The lowest BCUT2D eigenvalue weighted by Gasteiger charge is -2.34. The van der Waals surface area contributed by atoms with Gasteiger partial charge in [-0.1, -0.05) is 25.0 Å². The summed E-state index contributed by atoms with van der Waals surface area (Å²) in [5, 5.41) is 0. The van der Waals surface area contributed by atoms with E-state index in [2.05, 4.69) is 4.90 Å². The molecular formula is C17H23N3O3. The number of likely N-dealkylation sites (tertiary alicyclic amines) is 1. The summed E-state index contributed by atoms with van der Waals surface area (Å²) in [6.07, 6.45) is 3.94. The topological polar surface area (TPSA) is 75.9 Å². The zero-order valence-corrected chi connectivity index (χ0v) is 13.2. The number of anilines is 1. The molecular weight excluding hydrogens is 294 g/mol. The molecule has 0 radical (unpaired) electrons. The first kappa shape index (κ1) is 15.8. The SMILES string of the molecule is NC(=O)C1CN(C(=O)CN2CCCCCC2)c2ccccc2O1. The van der Waals surface area contributed by atoms with Gasteiger partial charge in [0.05, 0.1) is 18.8 Å². The molecule has 1 aromatic rings. The van der Waals surface area contributed by atoms with Crippen LogP contribution in [0, 0.1) is 0 Å². The maximum atomic E-state index is 12.8. The van der Waals surface area contributed by atoms with Crippen LogP contribution in [-0.2, 0) is 9.59 Å². The lowest BCUT2D eigenvalue weighted by molar-refractivity contribution is -0.125. The predicted octanol–water partition coefficient (Wildman–Crippen LogP) is 1.14. The number of primary amides is 1. The van der Waals surface area contributed by atoms with Gasteiger partial charge in [0, 0.05) is 0 Å².